The number of amides is 1. The highest BCUT2D eigenvalue weighted by atomic mass is 16.8. The first kappa shape index (κ1) is 27.5. The molecule has 0 aromatic carbocycles. The molecule has 0 aromatic rings. The van der Waals surface area contributed by atoms with Crippen molar-refractivity contribution in [3.8, 4) is 0 Å². The molecule has 0 bridgehead atoms. The molecule has 1 fully saturated rings. The highest BCUT2D eigenvalue weighted by molar-refractivity contribution is 5.68. The summed E-state index contributed by atoms with van der Waals surface area (Å²) in [5.41, 5.74) is -0.651. The number of unbranched alkanes of at least 4 members (excludes halogenated alkanes) is 11. The van der Waals surface area contributed by atoms with E-state index in [4.69, 9.17) is 14.2 Å². The molecule has 2 unspecified atom stereocenters. The second-order valence-corrected chi connectivity index (χ2v) is 9.60. The van der Waals surface area contributed by atoms with Crippen LogP contribution in [0.15, 0.2) is 0 Å². The smallest absolute Gasteiger partial charge is 0.444 e. The van der Waals surface area contributed by atoms with Gasteiger partial charge in [0.15, 0.2) is 6.10 Å². The van der Waals surface area contributed by atoms with Gasteiger partial charge in [-0.2, -0.15) is 0 Å². The summed E-state index contributed by atoms with van der Waals surface area (Å²) in [6, 6.07) is -0.761. The van der Waals surface area contributed by atoms with E-state index in [-0.39, 0.29) is 6.61 Å². The predicted molar refractivity (Wildman–Crippen MR) is 121 cm³/mol. The Hall–Kier alpha value is -1.50. The highest BCUT2D eigenvalue weighted by Crippen LogP contribution is 2.24. The molecule has 1 rings (SSSR count). The van der Waals surface area contributed by atoms with Crippen molar-refractivity contribution in [3.05, 3.63) is 0 Å². The fourth-order valence-electron chi connectivity index (χ4n) is 3.85. The van der Waals surface area contributed by atoms with Crippen LogP contribution in [0.1, 0.15) is 111 Å². The minimum Gasteiger partial charge on any atom is -0.444 e. The maximum Gasteiger partial charge on any atom is 0.509 e. The number of hydrogen-bond donors (Lipinski definition) is 2. The van der Waals surface area contributed by atoms with E-state index >= 15 is 0 Å². The monoisotopic (exact) mass is 443 g/mol. The second-order valence-electron chi connectivity index (χ2n) is 9.60. The van der Waals surface area contributed by atoms with E-state index in [1.165, 1.54) is 64.2 Å². The Bertz CT molecular complexity index is 505. The number of rotatable bonds is 16. The fourth-order valence-corrected chi connectivity index (χ4v) is 3.85. The van der Waals surface area contributed by atoms with Crippen LogP contribution < -0.4 is 5.32 Å². The molecule has 7 nitrogen and oxygen atoms in total. The fraction of sp³-hybridized carbons (Fsp3) is 0.917. The summed E-state index contributed by atoms with van der Waals surface area (Å²) >= 11 is 0. The van der Waals surface area contributed by atoms with Gasteiger partial charge in [-0.1, -0.05) is 77.6 Å². The van der Waals surface area contributed by atoms with Crippen molar-refractivity contribution in [2.45, 2.75) is 135 Å². The average Bonchev–Trinajstić information content (AvgIpc) is 3.06. The van der Waals surface area contributed by atoms with Gasteiger partial charge in [-0.3, -0.25) is 0 Å². The van der Waals surface area contributed by atoms with Crippen LogP contribution in [-0.2, 0) is 14.2 Å². The Labute approximate surface area is 188 Å². The quantitative estimate of drug-likeness (QED) is 0.229. The van der Waals surface area contributed by atoms with Gasteiger partial charge in [-0.25, -0.2) is 9.59 Å². The van der Waals surface area contributed by atoms with Gasteiger partial charge in [-0.05, 0) is 33.6 Å². The molecule has 2 N–H and O–H groups in total. The number of aliphatic hydroxyl groups is 1. The Morgan fingerprint density at radius 3 is 1.97 bits per heavy atom. The standard InChI is InChI=1S/C24H45NO6/c1-5-6-7-8-9-10-11-12-13-14-15-16-17-20-21(30-23(28)29-20)19(18-26)25-22(27)31-24(2,3)4/h19-21,26H,5-18H2,1-4H3,(H,25,27)/t19-,20?,21?/m0/s1. The lowest BCUT2D eigenvalue weighted by atomic mass is 9.99. The summed E-state index contributed by atoms with van der Waals surface area (Å²) < 4.78 is 15.7. The van der Waals surface area contributed by atoms with Gasteiger partial charge in [0.2, 0.25) is 0 Å². The summed E-state index contributed by atoms with van der Waals surface area (Å²) in [5, 5.41) is 12.3. The topological polar surface area (TPSA) is 94.1 Å². The molecule has 1 amide bonds. The van der Waals surface area contributed by atoms with Crippen molar-refractivity contribution in [3.63, 3.8) is 0 Å². The van der Waals surface area contributed by atoms with Crippen molar-refractivity contribution in [2.75, 3.05) is 6.61 Å². The molecule has 0 aliphatic carbocycles. The number of nitrogens with one attached hydrogen (secondary N) is 1. The number of ether oxygens (including phenoxy) is 3. The van der Waals surface area contributed by atoms with Gasteiger partial charge >= 0.3 is 12.2 Å². The van der Waals surface area contributed by atoms with Crippen molar-refractivity contribution >= 4 is 12.2 Å². The zero-order valence-electron chi connectivity index (χ0n) is 20.1. The number of alkyl carbamates (subject to hydrolysis) is 1. The van der Waals surface area contributed by atoms with Gasteiger partial charge in [0, 0.05) is 0 Å². The number of cyclic esters (lactones) is 2. The molecular weight excluding hydrogens is 398 g/mol. The van der Waals surface area contributed by atoms with Crippen LogP contribution in [0.4, 0.5) is 9.59 Å². The lowest BCUT2D eigenvalue weighted by Crippen LogP contribution is -2.50. The molecule has 0 aromatic heterocycles. The van der Waals surface area contributed by atoms with Crippen LogP contribution in [0.5, 0.6) is 0 Å². The van der Waals surface area contributed by atoms with Crippen LogP contribution in [0.2, 0.25) is 0 Å². The van der Waals surface area contributed by atoms with E-state index < -0.39 is 36.1 Å². The Morgan fingerprint density at radius 1 is 0.968 bits per heavy atom. The van der Waals surface area contributed by atoms with E-state index in [2.05, 4.69) is 12.2 Å². The third-order valence-corrected chi connectivity index (χ3v) is 5.48. The zero-order chi connectivity index (χ0) is 23.1. The molecule has 1 saturated heterocycles. The van der Waals surface area contributed by atoms with Crippen molar-refractivity contribution in [2.24, 2.45) is 0 Å². The third-order valence-electron chi connectivity index (χ3n) is 5.48. The van der Waals surface area contributed by atoms with Gasteiger partial charge < -0.3 is 24.6 Å². The average molecular weight is 444 g/mol. The maximum atomic E-state index is 12.0. The SMILES string of the molecule is CCCCCCCCCCCCCCC1OC(=O)OC1[C@H](CO)NC(=O)OC(C)(C)C. The lowest BCUT2D eigenvalue weighted by Gasteiger charge is -2.26. The number of carbonyl (C=O) groups is 2. The predicted octanol–water partition coefficient (Wildman–Crippen LogP) is 5.87. The van der Waals surface area contributed by atoms with Gasteiger partial charge in [-0.15, -0.1) is 0 Å². The summed E-state index contributed by atoms with van der Waals surface area (Å²) in [6.07, 6.45) is 13.2. The third kappa shape index (κ3) is 12.8. The number of hydrogen-bond acceptors (Lipinski definition) is 6. The molecule has 3 atom stereocenters. The first-order chi connectivity index (χ1) is 14.8. The Kier molecular flexibility index (Phi) is 13.6. The first-order valence-electron chi connectivity index (χ1n) is 12.2. The van der Waals surface area contributed by atoms with E-state index in [1.54, 1.807) is 20.8 Å². The largest absolute Gasteiger partial charge is 0.509 e. The Morgan fingerprint density at radius 2 is 1.48 bits per heavy atom. The molecule has 0 saturated carbocycles. The van der Waals surface area contributed by atoms with E-state index in [1.807, 2.05) is 0 Å². The Balaban J connectivity index is 2.22. The molecule has 0 radical (unpaired) electrons. The second kappa shape index (κ2) is 15.3. The van der Waals surface area contributed by atoms with E-state index in [9.17, 15) is 14.7 Å². The van der Waals surface area contributed by atoms with Crippen LogP contribution in [0.25, 0.3) is 0 Å². The molecule has 0 spiro atoms. The molecule has 182 valence electrons. The highest BCUT2D eigenvalue weighted by Gasteiger charge is 2.42. The van der Waals surface area contributed by atoms with Gasteiger partial charge in [0.25, 0.3) is 0 Å². The molecule has 1 heterocycles. The minimum atomic E-state index is -0.761. The van der Waals surface area contributed by atoms with Crippen molar-refractivity contribution in [1.82, 2.24) is 5.32 Å². The summed E-state index contributed by atoms with van der Waals surface area (Å²) in [5.74, 6) is 0. The molecule has 7 heteroatoms. The summed E-state index contributed by atoms with van der Waals surface area (Å²) in [6.45, 7) is 7.16. The van der Waals surface area contributed by atoms with Crippen molar-refractivity contribution in [1.29, 1.82) is 0 Å². The van der Waals surface area contributed by atoms with Crippen LogP contribution in [-0.4, -0.2) is 47.8 Å². The lowest BCUT2D eigenvalue weighted by molar-refractivity contribution is 0.0324. The normalized spacial score (nSPS) is 19.6. The van der Waals surface area contributed by atoms with Crippen molar-refractivity contribution < 1.29 is 28.9 Å². The van der Waals surface area contributed by atoms with Gasteiger partial charge in [0.1, 0.15) is 11.7 Å². The van der Waals surface area contributed by atoms with Gasteiger partial charge in [0.05, 0.1) is 12.6 Å². The number of aliphatic hydroxyl groups excluding tert-OH is 1. The van der Waals surface area contributed by atoms with Crippen LogP contribution >= 0.6 is 0 Å². The van der Waals surface area contributed by atoms with E-state index in [0.29, 0.717) is 6.42 Å². The first-order valence-corrected chi connectivity index (χ1v) is 12.2. The zero-order valence-corrected chi connectivity index (χ0v) is 20.1. The summed E-state index contributed by atoms with van der Waals surface area (Å²) in [7, 11) is 0. The van der Waals surface area contributed by atoms with Crippen LogP contribution in [0, 0.1) is 0 Å². The van der Waals surface area contributed by atoms with E-state index in [0.717, 1.165) is 12.8 Å². The molecule has 1 aliphatic heterocycles. The summed E-state index contributed by atoms with van der Waals surface area (Å²) in [4.78, 5) is 23.7. The molecule has 1 aliphatic rings. The minimum absolute atomic E-state index is 0.366. The molecular formula is C24H45NO6. The van der Waals surface area contributed by atoms with Crippen LogP contribution in [0.3, 0.4) is 0 Å². The maximum absolute atomic E-state index is 12.0. The number of carbonyl (C=O) groups excluding carboxylic acids is 2. The molecule has 31 heavy (non-hydrogen) atoms.